The van der Waals surface area contributed by atoms with Crippen molar-refractivity contribution < 1.29 is 13.6 Å². The molecule has 1 aromatic heterocycles. The van der Waals surface area contributed by atoms with Gasteiger partial charge in [0.15, 0.2) is 0 Å². The molecular formula is C20H19F2N5O2. The average molecular weight is 399 g/mol. The number of aromatic nitrogens is 2. The zero-order chi connectivity index (χ0) is 20.7. The van der Waals surface area contributed by atoms with Crippen molar-refractivity contribution in [2.45, 2.75) is 38.1 Å². The number of hydrogen-bond acceptors (Lipinski definition) is 5. The Morgan fingerprint density at radius 3 is 2.59 bits per heavy atom. The Labute approximate surface area is 165 Å². The number of piperidine rings is 1. The van der Waals surface area contributed by atoms with E-state index in [1.54, 1.807) is 0 Å². The van der Waals surface area contributed by atoms with Crippen LogP contribution in [0.25, 0.3) is 0 Å². The van der Waals surface area contributed by atoms with Gasteiger partial charge in [0, 0.05) is 24.6 Å². The lowest BCUT2D eigenvalue weighted by molar-refractivity contribution is -0.119. The molecule has 1 amide bonds. The second-order valence-corrected chi connectivity index (χ2v) is 7.47. The summed E-state index contributed by atoms with van der Waals surface area (Å²) >= 11 is 0. The number of H-pyrrole nitrogens is 1. The molecule has 3 unspecified atom stereocenters. The molecule has 29 heavy (non-hydrogen) atoms. The normalized spacial score (nSPS) is 23.9. The highest BCUT2D eigenvalue weighted by Gasteiger charge is 2.41. The van der Waals surface area contributed by atoms with Gasteiger partial charge in [-0.2, -0.15) is 10.2 Å². The number of benzene rings is 1. The highest BCUT2D eigenvalue weighted by Crippen LogP contribution is 2.39. The van der Waals surface area contributed by atoms with Crippen molar-refractivity contribution in [3.63, 3.8) is 0 Å². The van der Waals surface area contributed by atoms with E-state index in [0.717, 1.165) is 37.9 Å². The molecule has 0 spiro atoms. The van der Waals surface area contributed by atoms with Crippen LogP contribution in [0.5, 0.6) is 0 Å². The number of halogens is 2. The van der Waals surface area contributed by atoms with Crippen LogP contribution in [-0.2, 0) is 4.79 Å². The Hall–Kier alpha value is -3.28. The van der Waals surface area contributed by atoms with Crippen LogP contribution >= 0.6 is 0 Å². The molecule has 1 fully saturated rings. The molecule has 150 valence electrons. The number of rotatable bonds is 2. The van der Waals surface area contributed by atoms with E-state index in [1.165, 1.54) is 0 Å². The predicted octanol–water partition coefficient (Wildman–Crippen LogP) is 2.65. The molecule has 1 saturated heterocycles. The maximum atomic E-state index is 13.8. The van der Waals surface area contributed by atoms with Gasteiger partial charge in [0.1, 0.15) is 23.4 Å². The molecule has 4 rings (SSSR count). The number of aromatic amines is 1. The quantitative estimate of drug-likeness (QED) is 0.808. The standard InChI is InChI=1S/C20H19F2N5O2/c1-10-4-2-3-5-27(10)20-25-17-16(19(29)26-20)15(14(9-23)18(28)24-17)11-6-12(21)8-13(22)7-11/h6-8,10,14-15H,2-5H2,1H3,(H2,24,25,26,28,29). The van der Waals surface area contributed by atoms with Gasteiger partial charge in [-0.1, -0.05) is 0 Å². The van der Waals surface area contributed by atoms with Crippen LogP contribution < -0.4 is 15.8 Å². The first-order valence-corrected chi connectivity index (χ1v) is 9.46. The van der Waals surface area contributed by atoms with Gasteiger partial charge in [-0.05, 0) is 43.9 Å². The lowest BCUT2D eigenvalue weighted by Gasteiger charge is -2.35. The summed E-state index contributed by atoms with van der Waals surface area (Å²) in [4.78, 5) is 34.6. The van der Waals surface area contributed by atoms with E-state index >= 15 is 0 Å². The third-order valence-electron chi connectivity index (χ3n) is 5.57. The van der Waals surface area contributed by atoms with Crippen molar-refractivity contribution >= 4 is 17.7 Å². The van der Waals surface area contributed by atoms with Crippen LogP contribution in [0.2, 0.25) is 0 Å². The fourth-order valence-electron chi connectivity index (χ4n) is 4.16. The van der Waals surface area contributed by atoms with Gasteiger partial charge in [-0.15, -0.1) is 0 Å². The monoisotopic (exact) mass is 399 g/mol. The Balaban J connectivity index is 1.87. The van der Waals surface area contributed by atoms with E-state index < -0.39 is 34.9 Å². The van der Waals surface area contributed by atoms with Gasteiger partial charge in [-0.3, -0.25) is 14.6 Å². The van der Waals surface area contributed by atoms with Gasteiger partial charge < -0.3 is 10.2 Å². The smallest absolute Gasteiger partial charge is 0.258 e. The van der Waals surface area contributed by atoms with E-state index in [2.05, 4.69) is 15.3 Å². The summed E-state index contributed by atoms with van der Waals surface area (Å²) in [6.07, 6.45) is 2.99. The molecule has 2 aromatic rings. The number of fused-ring (bicyclic) bond motifs is 1. The lowest BCUT2D eigenvalue weighted by atomic mass is 9.79. The van der Waals surface area contributed by atoms with E-state index in [0.29, 0.717) is 12.0 Å². The van der Waals surface area contributed by atoms with Crippen LogP contribution in [0.3, 0.4) is 0 Å². The second-order valence-electron chi connectivity index (χ2n) is 7.47. The fraction of sp³-hybridized carbons (Fsp3) is 0.400. The van der Waals surface area contributed by atoms with Crippen LogP contribution in [0, 0.1) is 28.9 Å². The van der Waals surface area contributed by atoms with Crippen LogP contribution in [-0.4, -0.2) is 28.5 Å². The Bertz CT molecular complexity index is 1060. The van der Waals surface area contributed by atoms with Crippen molar-refractivity contribution in [3.8, 4) is 6.07 Å². The predicted molar refractivity (Wildman–Crippen MR) is 101 cm³/mol. The Morgan fingerprint density at radius 2 is 1.93 bits per heavy atom. The summed E-state index contributed by atoms with van der Waals surface area (Å²) in [6, 6.07) is 4.77. The molecule has 2 aliphatic heterocycles. The summed E-state index contributed by atoms with van der Waals surface area (Å²) in [5.74, 6) is -4.46. The lowest BCUT2D eigenvalue weighted by Crippen LogP contribution is -2.42. The van der Waals surface area contributed by atoms with Crippen LogP contribution in [0.15, 0.2) is 23.0 Å². The topological polar surface area (TPSA) is 102 Å². The van der Waals surface area contributed by atoms with Gasteiger partial charge in [-0.25, -0.2) is 8.78 Å². The van der Waals surface area contributed by atoms with E-state index in [9.17, 15) is 23.6 Å². The van der Waals surface area contributed by atoms with Crippen molar-refractivity contribution in [3.05, 3.63) is 51.3 Å². The molecule has 7 nitrogen and oxygen atoms in total. The number of amides is 1. The first-order valence-electron chi connectivity index (χ1n) is 9.46. The van der Waals surface area contributed by atoms with E-state index in [1.807, 2.05) is 17.9 Å². The zero-order valence-electron chi connectivity index (χ0n) is 15.7. The Morgan fingerprint density at radius 1 is 1.21 bits per heavy atom. The molecule has 2 N–H and O–H groups in total. The molecule has 0 saturated carbocycles. The minimum absolute atomic E-state index is 0.0210. The average Bonchev–Trinajstić information content (AvgIpc) is 2.66. The zero-order valence-corrected chi connectivity index (χ0v) is 15.7. The third kappa shape index (κ3) is 3.35. The largest absolute Gasteiger partial charge is 0.340 e. The number of carbonyl (C=O) groups is 1. The minimum atomic E-state index is -1.31. The summed E-state index contributed by atoms with van der Waals surface area (Å²) in [7, 11) is 0. The number of nitriles is 1. The van der Waals surface area contributed by atoms with Gasteiger partial charge in [0.2, 0.25) is 11.9 Å². The van der Waals surface area contributed by atoms with Crippen molar-refractivity contribution in [2.24, 2.45) is 5.92 Å². The number of carbonyl (C=O) groups excluding carboxylic acids is 1. The molecule has 3 heterocycles. The summed E-state index contributed by atoms with van der Waals surface area (Å²) in [6.45, 7) is 2.75. The van der Waals surface area contributed by atoms with Crippen molar-refractivity contribution in [1.82, 2.24) is 9.97 Å². The third-order valence-corrected chi connectivity index (χ3v) is 5.57. The maximum absolute atomic E-state index is 13.8. The highest BCUT2D eigenvalue weighted by molar-refractivity contribution is 5.98. The number of nitrogens with zero attached hydrogens (tertiary/aromatic N) is 3. The van der Waals surface area contributed by atoms with Gasteiger partial charge in [0.05, 0.1) is 11.6 Å². The summed E-state index contributed by atoms with van der Waals surface area (Å²) in [5, 5.41) is 12.0. The number of nitrogens with one attached hydrogen (secondary N) is 2. The summed E-state index contributed by atoms with van der Waals surface area (Å²) < 4.78 is 27.6. The fourth-order valence-corrected chi connectivity index (χ4v) is 4.16. The van der Waals surface area contributed by atoms with Crippen LogP contribution in [0.4, 0.5) is 20.5 Å². The Kier molecular flexibility index (Phi) is 4.78. The molecule has 0 aliphatic carbocycles. The van der Waals surface area contributed by atoms with Crippen LogP contribution in [0.1, 0.15) is 43.2 Å². The van der Waals surface area contributed by atoms with E-state index in [-0.39, 0.29) is 23.0 Å². The molecule has 3 atom stereocenters. The molecule has 1 aromatic carbocycles. The molecule has 0 bridgehead atoms. The molecule has 0 radical (unpaired) electrons. The first-order chi connectivity index (χ1) is 13.9. The SMILES string of the molecule is CC1CCCCN1c1nc2c(c(=O)[nH]1)C(c1cc(F)cc(F)c1)C(C#N)C(=O)N2. The van der Waals surface area contributed by atoms with Crippen molar-refractivity contribution in [2.75, 3.05) is 16.8 Å². The molecular weight excluding hydrogens is 380 g/mol. The van der Waals surface area contributed by atoms with Crippen molar-refractivity contribution in [1.29, 1.82) is 5.26 Å². The molecule has 2 aliphatic rings. The van der Waals surface area contributed by atoms with E-state index in [4.69, 9.17) is 0 Å². The maximum Gasteiger partial charge on any atom is 0.258 e. The first kappa shape index (κ1) is 19.1. The molecule has 9 heteroatoms. The summed E-state index contributed by atoms with van der Waals surface area (Å²) in [5.41, 5.74) is -0.483. The van der Waals surface area contributed by atoms with Gasteiger partial charge in [0.25, 0.3) is 5.56 Å². The van der Waals surface area contributed by atoms with Gasteiger partial charge >= 0.3 is 0 Å². The second kappa shape index (κ2) is 7.28. The highest BCUT2D eigenvalue weighted by atomic mass is 19.1. The number of hydrogen-bond donors (Lipinski definition) is 2. The number of anilines is 2. The minimum Gasteiger partial charge on any atom is -0.340 e.